The minimum Gasteiger partial charge on any atom is -0.497 e. The van der Waals surface area contributed by atoms with Gasteiger partial charge in [0.05, 0.1) is 7.11 Å². The maximum atomic E-state index is 12.8. The molecule has 1 aliphatic rings. The average Bonchev–Trinajstić information content (AvgIpc) is 2.98. The summed E-state index contributed by atoms with van der Waals surface area (Å²) in [4.78, 5) is 17.0. The second-order valence-electron chi connectivity index (χ2n) is 8.45. The molecule has 5 heteroatoms. The third-order valence-electron chi connectivity index (χ3n) is 5.33. The van der Waals surface area contributed by atoms with Gasteiger partial charge in [0.25, 0.3) is 5.91 Å². The first-order chi connectivity index (χ1) is 13.9. The minimum atomic E-state index is -0.0267. The molecule has 5 nitrogen and oxygen atoms in total. The van der Waals surface area contributed by atoms with Crippen LogP contribution in [0.2, 0.25) is 0 Å². The largest absolute Gasteiger partial charge is 0.497 e. The number of methoxy groups -OCH3 is 1. The van der Waals surface area contributed by atoms with Crippen LogP contribution in [-0.2, 0) is 10.2 Å². The van der Waals surface area contributed by atoms with E-state index in [1.54, 1.807) is 7.11 Å². The van der Waals surface area contributed by atoms with E-state index in [1.165, 1.54) is 0 Å². The summed E-state index contributed by atoms with van der Waals surface area (Å²) in [5.74, 6) is 1.70. The Labute approximate surface area is 174 Å². The van der Waals surface area contributed by atoms with Gasteiger partial charge in [-0.1, -0.05) is 39.0 Å². The first kappa shape index (κ1) is 21.0. The van der Waals surface area contributed by atoms with E-state index in [0.29, 0.717) is 6.54 Å². The van der Waals surface area contributed by atoms with Crippen molar-refractivity contribution in [3.63, 3.8) is 0 Å². The van der Waals surface area contributed by atoms with Gasteiger partial charge in [0.15, 0.2) is 6.61 Å². The molecule has 0 saturated carbocycles. The van der Waals surface area contributed by atoms with Gasteiger partial charge in [-0.15, -0.1) is 0 Å². The molecule has 0 aliphatic carbocycles. The number of benzene rings is 2. The van der Waals surface area contributed by atoms with Crippen LogP contribution in [-0.4, -0.2) is 50.7 Å². The molecule has 0 aromatic heterocycles. The average molecular weight is 397 g/mol. The van der Waals surface area contributed by atoms with Gasteiger partial charge in [0.2, 0.25) is 0 Å². The molecular weight excluding hydrogens is 364 g/mol. The van der Waals surface area contributed by atoms with E-state index in [2.05, 4.69) is 43.9 Å². The number of rotatable bonds is 5. The van der Waals surface area contributed by atoms with Crippen LogP contribution in [0.3, 0.4) is 0 Å². The molecule has 1 saturated heterocycles. The smallest absolute Gasteiger partial charge is 0.260 e. The number of hydrogen-bond donors (Lipinski definition) is 0. The molecule has 1 fully saturated rings. The lowest BCUT2D eigenvalue weighted by atomic mass is 9.86. The van der Waals surface area contributed by atoms with Crippen LogP contribution in [0.1, 0.15) is 32.8 Å². The summed E-state index contributed by atoms with van der Waals surface area (Å²) in [6, 6.07) is 16.1. The molecule has 0 atom stereocenters. The molecule has 1 amide bonds. The zero-order valence-electron chi connectivity index (χ0n) is 18.0. The highest BCUT2D eigenvalue weighted by atomic mass is 16.5. The molecule has 2 aromatic rings. The van der Waals surface area contributed by atoms with Gasteiger partial charge in [0.1, 0.15) is 11.5 Å². The van der Waals surface area contributed by atoms with Crippen LogP contribution in [0.15, 0.2) is 48.5 Å². The molecule has 1 aliphatic heterocycles. The SMILES string of the molecule is COc1ccc(N2CCCN(C(=O)COc3ccccc3C(C)(C)C)CC2)cc1. The first-order valence-corrected chi connectivity index (χ1v) is 10.3. The third kappa shape index (κ3) is 5.43. The number of carbonyl (C=O) groups excluding carboxylic acids is 1. The fraction of sp³-hybridized carbons (Fsp3) is 0.458. The molecule has 0 N–H and O–H groups in total. The van der Waals surface area contributed by atoms with E-state index in [1.807, 2.05) is 35.2 Å². The summed E-state index contributed by atoms with van der Waals surface area (Å²) in [6.45, 7) is 9.75. The monoisotopic (exact) mass is 396 g/mol. The zero-order valence-corrected chi connectivity index (χ0v) is 18.0. The number of anilines is 1. The predicted molar refractivity (Wildman–Crippen MR) is 117 cm³/mol. The third-order valence-corrected chi connectivity index (χ3v) is 5.33. The van der Waals surface area contributed by atoms with Crippen LogP contribution in [0.25, 0.3) is 0 Å². The Bertz CT molecular complexity index is 812. The number of nitrogens with zero attached hydrogens (tertiary/aromatic N) is 2. The molecule has 29 heavy (non-hydrogen) atoms. The second-order valence-corrected chi connectivity index (χ2v) is 8.45. The van der Waals surface area contributed by atoms with Crippen LogP contribution in [0.5, 0.6) is 11.5 Å². The zero-order chi connectivity index (χ0) is 20.9. The maximum absolute atomic E-state index is 12.8. The highest BCUT2D eigenvalue weighted by Crippen LogP contribution is 2.31. The highest BCUT2D eigenvalue weighted by molar-refractivity contribution is 5.78. The van der Waals surface area contributed by atoms with E-state index in [-0.39, 0.29) is 17.9 Å². The standard InChI is InChI=1S/C24H32N2O3/c1-24(2,3)21-8-5-6-9-22(21)29-18-23(27)26-15-7-14-25(16-17-26)19-10-12-20(28-4)13-11-19/h5-6,8-13H,7,14-18H2,1-4H3. The lowest BCUT2D eigenvalue weighted by Crippen LogP contribution is -2.38. The number of amides is 1. The number of ether oxygens (including phenoxy) is 2. The van der Waals surface area contributed by atoms with Crippen molar-refractivity contribution in [1.29, 1.82) is 0 Å². The van der Waals surface area contributed by atoms with Gasteiger partial charge in [-0.3, -0.25) is 4.79 Å². The summed E-state index contributed by atoms with van der Waals surface area (Å²) >= 11 is 0. The fourth-order valence-electron chi connectivity index (χ4n) is 3.66. The first-order valence-electron chi connectivity index (χ1n) is 10.3. The summed E-state index contributed by atoms with van der Waals surface area (Å²) in [6.07, 6.45) is 0.941. The van der Waals surface area contributed by atoms with Crippen molar-refractivity contribution in [1.82, 2.24) is 4.90 Å². The molecule has 2 aromatic carbocycles. The van der Waals surface area contributed by atoms with Crippen molar-refractivity contribution in [2.24, 2.45) is 0 Å². The number of para-hydroxylation sites is 1. The Balaban J connectivity index is 1.57. The van der Waals surface area contributed by atoms with Crippen molar-refractivity contribution in [2.75, 3.05) is 44.8 Å². The second kappa shape index (κ2) is 9.21. The molecule has 3 rings (SSSR count). The Morgan fingerprint density at radius 2 is 1.69 bits per heavy atom. The van der Waals surface area contributed by atoms with Gasteiger partial charge in [-0.2, -0.15) is 0 Å². The van der Waals surface area contributed by atoms with Gasteiger partial charge < -0.3 is 19.3 Å². The van der Waals surface area contributed by atoms with Gasteiger partial charge in [-0.05, 0) is 47.7 Å². The van der Waals surface area contributed by atoms with Crippen LogP contribution in [0.4, 0.5) is 5.69 Å². The summed E-state index contributed by atoms with van der Waals surface area (Å²) in [5.41, 5.74) is 2.26. The summed E-state index contributed by atoms with van der Waals surface area (Å²) in [5, 5.41) is 0. The molecule has 156 valence electrons. The Morgan fingerprint density at radius 3 is 2.38 bits per heavy atom. The lowest BCUT2D eigenvalue weighted by Gasteiger charge is -2.25. The molecule has 0 bridgehead atoms. The van der Waals surface area contributed by atoms with Gasteiger partial charge in [0, 0.05) is 31.9 Å². The van der Waals surface area contributed by atoms with Crippen LogP contribution in [0, 0.1) is 0 Å². The van der Waals surface area contributed by atoms with E-state index in [4.69, 9.17) is 9.47 Å². The summed E-state index contributed by atoms with van der Waals surface area (Å²) in [7, 11) is 1.67. The Hall–Kier alpha value is -2.69. The van der Waals surface area contributed by atoms with Crippen LogP contribution < -0.4 is 14.4 Å². The van der Waals surface area contributed by atoms with Crippen molar-refractivity contribution < 1.29 is 14.3 Å². The molecule has 0 unspecified atom stereocenters. The Kier molecular flexibility index (Phi) is 6.68. The molecule has 0 radical (unpaired) electrons. The predicted octanol–water partition coefficient (Wildman–Crippen LogP) is 4.11. The van der Waals surface area contributed by atoms with Crippen molar-refractivity contribution in [2.45, 2.75) is 32.6 Å². The van der Waals surface area contributed by atoms with E-state index >= 15 is 0 Å². The van der Waals surface area contributed by atoms with Gasteiger partial charge >= 0.3 is 0 Å². The van der Waals surface area contributed by atoms with E-state index in [9.17, 15) is 4.79 Å². The van der Waals surface area contributed by atoms with Crippen molar-refractivity contribution >= 4 is 11.6 Å². The van der Waals surface area contributed by atoms with Crippen molar-refractivity contribution in [3.8, 4) is 11.5 Å². The van der Waals surface area contributed by atoms with Crippen molar-refractivity contribution in [3.05, 3.63) is 54.1 Å². The van der Waals surface area contributed by atoms with Crippen LogP contribution >= 0.6 is 0 Å². The number of hydrogen-bond acceptors (Lipinski definition) is 4. The normalized spacial score (nSPS) is 15.0. The molecular formula is C24H32N2O3. The Morgan fingerprint density at radius 1 is 0.966 bits per heavy atom. The lowest BCUT2D eigenvalue weighted by molar-refractivity contribution is -0.133. The molecule has 0 spiro atoms. The highest BCUT2D eigenvalue weighted by Gasteiger charge is 2.22. The molecule has 1 heterocycles. The van der Waals surface area contributed by atoms with E-state index in [0.717, 1.165) is 48.8 Å². The fourth-order valence-corrected chi connectivity index (χ4v) is 3.66. The maximum Gasteiger partial charge on any atom is 0.260 e. The van der Waals surface area contributed by atoms with Gasteiger partial charge in [-0.25, -0.2) is 0 Å². The number of carbonyl (C=O) groups is 1. The topological polar surface area (TPSA) is 42.0 Å². The quantitative estimate of drug-likeness (QED) is 0.763. The van der Waals surface area contributed by atoms with E-state index < -0.39 is 0 Å². The summed E-state index contributed by atoms with van der Waals surface area (Å²) < 4.78 is 11.2. The minimum absolute atomic E-state index is 0.0267.